The molecule has 0 bridgehead atoms. The Morgan fingerprint density at radius 2 is 1.34 bits per heavy atom. The topological polar surface area (TPSA) is 128 Å². The first kappa shape index (κ1) is 28.5. The van der Waals surface area contributed by atoms with E-state index < -0.39 is 35.8 Å². The number of amides is 2. The highest BCUT2D eigenvalue weighted by molar-refractivity contribution is 5.95. The van der Waals surface area contributed by atoms with Crippen molar-refractivity contribution in [2.24, 2.45) is 0 Å². The lowest BCUT2D eigenvalue weighted by atomic mass is 9.93. The van der Waals surface area contributed by atoms with Crippen molar-refractivity contribution in [1.29, 1.82) is 0 Å². The minimum absolute atomic E-state index is 0.0560. The quantitative estimate of drug-likeness (QED) is 0.271. The molecule has 0 spiro atoms. The van der Waals surface area contributed by atoms with Gasteiger partial charge in [-0.15, -0.1) is 0 Å². The highest BCUT2D eigenvalue weighted by Gasteiger charge is 2.28. The van der Waals surface area contributed by atoms with Crippen LogP contribution in [0.3, 0.4) is 0 Å². The average Bonchev–Trinajstić information content (AvgIpc) is 2.83. The van der Waals surface area contributed by atoms with Crippen molar-refractivity contribution in [1.82, 2.24) is 10.6 Å². The fourth-order valence-electron chi connectivity index (χ4n) is 4.15. The van der Waals surface area contributed by atoms with Crippen LogP contribution in [0.2, 0.25) is 0 Å². The van der Waals surface area contributed by atoms with Gasteiger partial charge in [0.2, 0.25) is 0 Å². The zero-order valence-electron chi connectivity index (χ0n) is 21.9. The van der Waals surface area contributed by atoms with Gasteiger partial charge < -0.3 is 30.7 Å². The Hall–Kier alpha value is -4.04. The smallest absolute Gasteiger partial charge is 0.407 e. The van der Waals surface area contributed by atoms with Crippen LogP contribution in [0, 0.1) is 0 Å². The number of phenols is 2. The van der Waals surface area contributed by atoms with Crippen LogP contribution in [0.15, 0.2) is 78.9 Å². The number of hydrogen-bond donors (Lipinski definition) is 5. The number of phenolic OH excluding ortho intramolecular Hbond substituents is 2. The zero-order chi connectivity index (χ0) is 27.7. The van der Waals surface area contributed by atoms with Gasteiger partial charge in [-0.1, -0.05) is 60.7 Å². The van der Waals surface area contributed by atoms with Gasteiger partial charge in [0.25, 0.3) is 5.91 Å². The van der Waals surface area contributed by atoms with Gasteiger partial charge in [0.15, 0.2) is 0 Å². The van der Waals surface area contributed by atoms with E-state index in [9.17, 15) is 24.9 Å². The number of benzene rings is 3. The van der Waals surface area contributed by atoms with Crippen molar-refractivity contribution in [3.8, 4) is 11.5 Å². The second-order valence-corrected chi connectivity index (χ2v) is 10.3. The van der Waals surface area contributed by atoms with E-state index in [4.69, 9.17) is 4.74 Å². The minimum Gasteiger partial charge on any atom is -0.508 e. The molecule has 3 aromatic carbocycles. The Morgan fingerprint density at radius 3 is 1.87 bits per heavy atom. The molecule has 2 amide bonds. The van der Waals surface area contributed by atoms with Gasteiger partial charge in [-0.2, -0.15) is 0 Å². The summed E-state index contributed by atoms with van der Waals surface area (Å²) in [7, 11) is 0. The van der Waals surface area contributed by atoms with Gasteiger partial charge >= 0.3 is 6.09 Å². The number of hydrogen-bond acceptors (Lipinski definition) is 6. The maximum Gasteiger partial charge on any atom is 0.407 e. The van der Waals surface area contributed by atoms with E-state index in [2.05, 4.69) is 10.6 Å². The van der Waals surface area contributed by atoms with Crippen molar-refractivity contribution in [3.05, 3.63) is 95.6 Å². The number of carbonyl (C=O) groups is 2. The molecule has 8 heteroatoms. The standard InChI is InChI=1S/C30H36N2O6/c1-30(2,3)38-29(37)31-23(14-20-10-6-4-7-11-20)18-27(35)26(15-21-12-8-5-9-13-21)32-28(36)22-16-24(33)19-25(34)17-22/h4-13,16-17,19,23,26-27,33-35H,14-15,18H2,1-3H3,(H,31,37)(H,32,36)/t23-,26-,27-/m0/s1. The predicted octanol–water partition coefficient (Wildman–Crippen LogP) is 4.33. The lowest BCUT2D eigenvalue weighted by molar-refractivity contribution is 0.0463. The lowest BCUT2D eigenvalue weighted by Gasteiger charge is -2.29. The fourth-order valence-corrected chi connectivity index (χ4v) is 4.15. The molecule has 0 heterocycles. The third kappa shape index (κ3) is 9.44. The molecule has 38 heavy (non-hydrogen) atoms. The van der Waals surface area contributed by atoms with Crippen LogP contribution in [0.4, 0.5) is 4.79 Å². The molecule has 0 aromatic heterocycles. The van der Waals surface area contributed by atoms with E-state index in [0.717, 1.165) is 17.2 Å². The van der Waals surface area contributed by atoms with Gasteiger partial charge in [-0.05, 0) is 63.3 Å². The Balaban J connectivity index is 1.82. The Kier molecular flexibility index (Phi) is 9.73. The first-order valence-electron chi connectivity index (χ1n) is 12.6. The molecule has 0 saturated heterocycles. The predicted molar refractivity (Wildman–Crippen MR) is 145 cm³/mol. The van der Waals surface area contributed by atoms with Crippen molar-refractivity contribution in [2.45, 2.75) is 63.8 Å². The number of alkyl carbamates (subject to hydrolysis) is 1. The summed E-state index contributed by atoms with van der Waals surface area (Å²) in [6.07, 6.45) is -0.734. The summed E-state index contributed by atoms with van der Waals surface area (Å²) in [6, 6.07) is 21.4. The van der Waals surface area contributed by atoms with E-state index >= 15 is 0 Å². The second kappa shape index (κ2) is 13.0. The van der Waals surface area contributed by atoms with Gasteiger partial charge in [0, 0.05) is 17.7 Å². The van der Waals surface area contributed by atoms with Crippen LogP contribution < -0.4 is 10.6 Å². The zero-order valence-corrected chi connectivity index (χ0v) is 21.9. The highest BCUT2D eigenvalue weighted by Crippen LogP contribution is 2.21. The summed E-state index contributed by atoms with van der Waals surface area (Å²) in [5.74, 6) is -1.06. The highest BCUT2D eigenvalue weighted by atomic mass is 16.6. The SMILES string of the molecule is CC(C)(C)OC(=O)N[C@@H](Cc1ccccc1)C[C@H](O)[C@H](Cc1ccccc1)NC(=O)c1cc(O)cc(O)c1. The third-order valence-electron chi connectivity index (χ3n) is 5.82. The van der Waals surface area contributed by atoms with Gasteiger partial charge in [0.1, 0.15) is 17.1 Å². The summed E-state index contributed by atoms with van der Waals surface area (Å²) in [4.78, 5) is 25.6. The molecule has 3 atom stereocenters. The first-order chi connectivity index (χ1) is 18.0. The third-order valence-corrected chi connectivity index (χ3v) is 5.82. The molecule has 5 N–H and O–H groups in total. The number of ether oxygens (including phenoxy) is 1. The molecule has 0 aliphatic heterocycles. The maximum atomic E-state index is 13.0. The number of aliphatic hydroxyl groups excluding tert-OH is 1. The Labute approximate surface area is 223 Å². The Morgan fingerprint density at radius 1 is 0.816 bits per heavy atom. The van der Waals surface area contributed by atoms with Crippen molar-refractivity contribution < 1.29 is 29.6 Å². The van der Waals surface area contributed by atoms with E-state index in [-0.39, 0.29) is 23.5 Å². The molecule has 0 aliphatic carbocycles. The molecule has 0 aliphatic rings. The first-order valence-corrected chi connectivity index (χ1v) is 12.6. The van der Waals surface area contributed by atoms with Crippen LogP contribution in [0.25, 0.3) is 0 Å². The molecule has 3 aromatic rings. The van der Waals surface area contributed by atoms with E-state index in [1.54, 1.807) is 20.8 Å². The molecule has 202 valence electrons. The summed E-state index contributed by atoms with van der Waals surface area (Å²) >= 11 is 0. The van der Waals surface area contributed by atoms with Crippen LogP contribution >= 0.6 is 0 Å². The molecule has 0 unspecified atom stereocenters. The average molecular weight is 521 g/mol. The van der Waals surface area contributed by atoms with Crippen molar-refractivity contribution in [2.75, 3.05) is 0 Å². The van der Waals surface area contributed by atoms with Crippen LogP contribution in [-0.2, 0) is 17.6 Å². The monoisotopic (exact) mass is 520 g/mol. The van der Waals surface area contributed by atoms with E-state index in [1.165, 1.54) is 12.1 Å². The second-order valence-electron chi connectivity index (χ2n) is 10.3. The van der Waals surface area contributed by atoms with Crippen LogP contribution in [0.5, 0.6) is 11.5 Å². The van der Waals surface area contributed by atoms with Gasteiger partial charge in [0.05, 0.1) is 12.1 Å². The molecule has 0 saturated carbocycles. The van der Waals surface area contributed by atoms with Crippen LogP contribution in [-0.4, -0.2) is 51.1 Å². The Bertz CT molecular complexity index is 1170. The van der Waals surface area contributed by atoms with Gasteiger partial charge in [-0.25, -0.2) is 4.79 Å². The number of rotatable bonds is 10. The van der Waals surface area contributed by atoms with Gasteiger partial charge in [-0.3, -0.25) is 4.79 Å². The molecule has 8 nitrogen and oxygen atoms in total. The molecule has 3 rings (SSSR count). The molecule has 0 radical (unpaired) electrons. The number of nitrogens with one attached hydrogen (secondary N) is 2. The number of aromatic hydroxyl groups is 2. The van der Waals surface area contributed by atoms with E-state index in [0.29, 0.717) is 12.8 Å². The summed E-state index contributed by atoms with van der Waals surface area (Å²) < 4.78 is 5.44. The largest absolute Gasteiger partial charge is 0.508 e. The van der Waals surface area contributed by atoms with Crippen LogP contribution in [0.1, 0.15) is 48.7 Å². The molecular weight excluding hydrogens is 484 g/mol. The van der Waals surface area contributed by atoms with Crippen molar-refractivity contribution in [3.63, 3.8) is 0 Å². The lowest BCUT2D eigenvalue weighted by Crippen LogP contribution is -2.49. The molecule has 0 fully saturated rings. The number of aliphatic hydroxyl groups is 1. The number of carbonyl (C=O) groups excluding carboxylic acids is 2. The van der Waals surface area contributed by atoms with Crippen molar-refractivity contribution >= 4 is 12.0 Å². The fraction of sp³-hybridized carbons (Fsp3) is 0.333. The van der Waals surface area contributed by atoms with E-state index in [1.807, 2.05) is 60.7 Å². The minimum atomic E-state index is -1.05. The normalized spacial score (nSPS) is 13.7. The maximum absolute atomic E-state index is 13.0. The summed E-state index contributed by atoms with van der Waals surface area (Å²) in [5.41, 5.74) is 1.24. The molecular formula is C30H36N2O6. The summed E-state index contributed by atoms with van der Waals surface area (Å²) in [5, 5.41) is 36.7. The summed E-state index contributed by atoms with van der Waals surface area (Å²) in [6.45, 7) is 5.33.